The first-order valence-corrected chi connectivity index (χ1v) is 6.79. The zero-order chi connectivity index (χ0) is 12.6. The van der Waals surface area contributed by atoms with Crippen LogP contribution in [0.2, 0.25) is 5.02 Å². The standard InChI is InChI=1S/C12H13ClIN3/c1-3-8-6(2)16-12-9(11(8)17-15)4-7(13)5-10(12)14/h4-5H,3,15H2,1-2H3,(H,16,17). The summed E-state index contributed by atoms with van der Waals surface area (Å²) in [6.45, 7) is 4.09. The molecule has 0 aliphatic heterocycles. The second kappa shape index (κ2) is 4.96. The van der Waals surface area contributed by atoms with Gasteiger partial charge in [0.1, 0.15) is 0 Å². The summed E-state index contributed by atoms with van der Waals surface area (Å²) >= 11 is 8.33. The van der Waals surface area contributed by atoms with E-state index in [4.69, 9.17) is 17.4 Å². The minimum absolute atomic E-state index is 0.700. The summed E-state index contributed by atoms with van der Waals surface area (Å²) in [5, 5.41) is 1.68. The molecule has 0 atom stereocenters. The molecule has 0 bridgehead atoms. The first kappa shape index (κ1) is 12.9. The second-order valence-electron chi connectivity index (χ2n) is 3.83. The normalized spacial score (nSPS) is 10.9. The van der Waals surface area contributed by atoms with Crippen molar-refractivity contribution in [3.63, 3.8) is 0 Å². The number of aryl methyl sites for hydroxylation is 1. The fourth-order valence-electron chi connectivity index (χ4n) is 2.05. The monoisotopic (exact) mass is 361 g/mol. The van der Waals surface area contributed by atoms with Crippen LogP contribution in [0.4, 0.5) is 5.69 Å². The van der Waals surface area contributed by atoms with E-state index >= 15 is 0 Å². The van der Waals surface area contributed by atoms with E-state index in [-0.39, 0.29) is 0 Å². The average Bonchev–Trinajstić information content (AvgIpc) is 2.28. The van der Waals surface area contributed by atoms with Crippen LogP contribution in [-0.4, -0.2) is 4.98 Å². The summed E-state index contributed by atoms with van der Waals surface area (Å²) in [6.07, 6.45) is 0.886. The number of nitrogens with two attached hydrogens (primary N) is 1. The molecule has 2 rings (SSSR count). The first-order valence-electron chi connectivity index (χ1n) is 5.33. The molecule has 0 spiro atoms. The summed E-state index contributed by atoms with van der Waals surface area (Å²) in [5.41, 5.74) is 6.80. The molecule has 1 heterocycles. The molecule has 0 amide bonds. The number of anilines is 1. The predicted molar refractivity (Wildman–Crippen MR) is 81.4 cm³/mol. The van der Waals surface area contributed by atoms with Gasteiger partial charge >= 0.3 is 0 Å². The third kappa shape index (κ3) is 2.21. The fraction of sp³-hybridized carbons (Fsp3) is 0.250. The summed E-state index contributed by atoms with van der Waals surface area (Å²) in [4.78, 5) is 4.63. The predicted octanol–water partition coefficient (Wildman–Crippen LogP) is 3.65. The van der Waals surface area contributed by atoms with Gasteiger partial charge in [-0.15, -0.1) is 0 Å². The molecule has 3 nitrogen and oxygen atoms in total. The minimum Gasteiger partial charge on any atom is -0.323 e. The van der Waals surface area contributed by atoms with Crippen molar-refractivity contribution in [3.05, 3.63) is 32.0 Å². The van der Waals surface area contributed by atoms with E-state index in [1.807, 2.05) is 19.1 Å². The van der Waals surface area contributed by atoms with E-state index in [1.165, 1.54) is 0 Å². The van der Waals surface area contributed by atoms with E-state index < -0.39 is 0 Å². The molecule has 0 aliphatic rings. The molecule has 0 unspecified atom stereocenters. The number of nitrogen functional groups attached to an aromatic ring is 1. The Bertz CT molecular complexity index is 584. The third-order valence-electron chi connectivity index (χ3n) is 2.81. The quantitative estimate of drug-likeness (QED) is 0.488. The highest BCUT2D eigenvalue weighted by atomic mass is 127. The number of nitrogens with zero attached hydrogens (tertiary/aromatic N) is 1. The maximum absolute atomic E-state index is 6.09. The Morgan fingerprint density at radius 3 is 2.76 bits per heavy atom. The fourth-order valence-corrected chi connectivity index (χ4v) is 3.20. The van der Waals surface area contributed by atoms with E-state index in [0.29, 0.717) is 5.02 Å². The zero-order valence-corrected chi connectivity index (χ0v) is 12.6. The molecule has 3 N–H and O–H groups in total. The van der Waals surface area contributed by atoms with Gasteiger partial charge in [0.05, 0.1) is 11.2 Å². The Morgan fingerprint density at radius 2 is 2.18 bits per heavy atom. The summed E-state index contributed by atoms with van der Waals surface area (Å²) < 4.78 is 1.03. The maximum atomic E-state index is 6.09. The van der Waals surface area contributed by atoms with Gasteiger partial charge in [-0.3, -0.25) is 10.8 Å². The second-order valence-corrected chi connectivity index (χ2v) is 5.43. The van der Waals surface area contributed by atoms with Gasteiger partial charge in [0.15, 0.2) is 0 Å². The van der Waals surface area contributed by atoms with E-state index in [9.17, 15) is 0 Å². The number of aromatic nitrogens is 1. The highest BCUT2D eigenvalue weighted by molar-refractivity contribution is 14.1. The number of hydrazine groups is 1. The van der Waals surface area contributed by atoms with Crippen molar-refractivity contribution >= 4 is 50.8 Å². The van der Waals surface area contributed by atoms with Crippen LogP contribution in [0.3, 0.4) is 0 Å². The van der Waals surface area contributed by atoms with Crippen LogP contribution in [0.15, 0.2) is 12.1 Å². The van der Waals surface area contributed by atoms with E-state index in [2.05, 4.69) is 39.9 Å². The molecule has 17 heavy (non-hydrogen) atoms. The lowest BCUT2D eigenvalue weighted by atomic mass is 10.0. The lowest BCUT2D eigenvalue weighted by molar-refractivity contribution is 1.06. The third-order valence-corrected chi connectivity index (χ3v) is 3.85. The number of hydrogen-bond donors (Lipinski definition) is 2. The van der Waals surface area contributed by atoms with Gasteiger partial charge in [-0.25, -0.2) is 0 Å². The molecule has 0 aliphatic carbocycles. The highest BCUT2D eigenvalue weighted by Crippen LogP contribution is 2.32. The van der Waals surface area contributed by atoms with Gasteiger partial charge in [-0.05, 0) is 53.6 Å². The van der Waals surface area contributed by atoms with Crippen molar-refractivity contribution in [2.75, 3.05) is 5.43 Å². The van der Waals surface area contributed by atoms with Crippen molar-refractivity contribution < 1.29 is 0 Å². The van der Waals surface area contributed by atoms with Crippen LogP contribution >= 0.6 is 34.2 Å². The average molecular weight is 362 g/mol. The number of benzene rings is 1. The molecule has 0 radical (unpaired) electrons. The smallest absolute Gasteiger partial charge is 0.0861 e. The molecular weight excluding hydrogens is 349 g/mol. The Kier molecular flexibility index (Phi) is 3.75. The van der Waals surface area contributed by atoms with Crippen molar-refractivity contribution in [1.82, 2.24) is 4.98 Å². The zero-order valence-electron chi connectivity index (χ0n) is 9.64. The largest absolute Gasteiger partial charge is 0.323 e. The van der Waals surface area contributed by atoms with Gasteiger partial charge in [-0.2, -0.15) is 0 Å². The Morgan fingerprint density at radius 1 is 1.47 bits per heavy atom. The number of halogens is 2. The molecular formula is C12H13ClIN3. The van der Waals surface area contributed by atoms with Crippen LogP contribution in [0.25, 0.3) is 10.9 Å². The van der Waals surface area contributed by atoms with Crippen LogP contribution in [-0.2, 0) is 6.42 Å². The minimum atomic E-state index is 0.700. The van der Waals surface area contributed by atoms with Crippen molar-refractivity contribution in [2.45, 2.75) is 20.3 Å². The number of rotatable bonds is 2. The highest BCUT2D eigenvalue weighted by Gasteiger charge is 2.13. The Hall–Kier alpha value is -0.590. The van der Waals surface area contributed by atoms with Crippen LogP contribution in [0.5, 0.6) is 0 Å². The van der Waals surface area contributed by atoms with Gasteiger partial charge in [0, 0.05) is 19.7 Å². The van der Waals surface area contributed by atoms with Gasteiger partial charge in [0.2, 0.25) is 0 Å². The number of hydrogen-bond acceptors (Lipinski definition) is 3. The van der Waals surface area contributed by atoms with Crippen LogP contribution < -0.4 is 11.3 Å². The maximum Gasteiger partial charge on any atom is 0.0861 e. The number of nitrogens with one attached hydrogen (secondary N) is 1. The Labute approximate surface area is 119 Å². The van der Waals surface area contributed by atoms with Gasteiger partial charge in [-0.1, -0.05) is 18.5 Å². The molecule has 5 heteroatoms. The molecule has 0 fully saturated rings. The van der Waals surface area contributed by atoms with E-state index in [0.717, 1.165) is 37.8 Å². The summed E-state index contributed by atoms with van der Waals surface area (Å²) in [5.74, 6) is 5.64. The van der Waals surface area contributed by atoms with Gasteiger partial charge in [0.25, 0.3) is 0 Å². The topological polar surface area (TPSA) is 50.9 Å². The van der Waals surface area contributed by atoms with Crippen molar-refractivity contribution in [2.24, 2.45) is 5.84 Å². The van der Waals surface area contributed by atoms with Crippen molar-refractivity contribution in [1.29, 1.82) is 0 Å². The van der Waals surface area contributed by atoms with Crippen LogP contribution in [0, 0.1) is 10.5 Å². The summed E-state index contributed by atoms with van der Waals surface area (Å²) in [7, 11) is 0. The van der Waals surface area contributed by atoms with E-state index in [1.54, 1.807) is 0 Å². The number of pyridine rings is 1. The first-order chi connectivity index (χ1) is 8.08. The van der Waals surface area contributed by atoms with Gasteiger partial charge < -0.3 is 5.43 Å². The molecule has 90 valence electrons. The van der Waals surface area contributed by atoms with Crippen LogP contribution in [0.1, 0.15) is 18.2 Å². The lowest BCUT2D eigenvalue weighted by Gasteiger charge is -2.14. The molecule has 0 saturated heterocycles. The molecule has 1 aromatic carbocycles. The molecule has 1 aromatic heterocycles. The molecule has 2 aromatic rings. The Balaban J connectivity index is 2.93. The SMILES string of the molecule is CCc1c(C)nc2c(I)cc(Cl)cc2c1NN. The molecule has 0 saturated carbocycles. The summed E-state index contributed by atoms with van der Waals surface area (Å²) in [6, 6.07) is 3.81. The van der Waals surface area contributed by atoms with Crippen molar-refractivity contribution in [3.8, 4) is 0 Å². The lowest BCUT2D eigenvalue weighted by Crippen LogP contribution is -2.11. The number of fused-ring (bicyclic) bond motifs is 1.